The molecule has 3 nitrogen and oxygen atoms in total. The summed E-state index contributed by atoms with van der Waals surface area (Å²) in [6.45, 7) is 0. The normalized spacial score (nSPS) is 10.2. The van der Waals surface area contributed by atoms with Gasteiger partial charge >= 0.3 is 5.97 Å². The van der Waals surface area contributed by atoms with Gasteiger partial charge < -0.3 is 10.4 Å². The van der Waals surface area contributed by atoms with Gasteiger partial charge in [-0.1, -0.05) is 11.6 Å². The minimum atomic E-state index is -0.985. The second-order valence-electron chi connectivity index (χ2n) is 2.32. The molecule has 0 saturated heterocycles. The van der Waals surface area contributed by atoms with E-state index in [0.717, 1.165) is 11.8 Å². The predicted octanol–water partition coefficient (Wildman–Crippen LogP) is 2.35. The van der Waals surface area contributed by atoms with Crippen molar-refractivity contribution in [3.63, 3.8) is 0 Å². The first kappa shape index (κ1) is 9.61. The van der Waals surface area contributed by atoms with E-state index in [2.05, 4.69) is 5.32 Å². The number of anilines is 1. The van der Waals surface area contributed by atoms with Crippen molar-refractivity contribution < 1.29 is 9.90 Å². The van der Waals surface area contributed by atoms with Crippen molar-refractivity contribution in [2.75, 3.05) is 5.32 Å². The SMILES string of the molecule is O=C(O)/C=C/Nc1ccc(Cl)cc1. The van der Waals surface area contributed by atoms with Crippen molar-refractivity contribution >= 4 is 23.3 Å². The van der Waals surface area contributed by atoms with Crippen LogP contribution in [0.3, 0.4) is 0 Å². The monoisotopic (exact) mass is 197 g/mol. The van der Waals surface area contributed by atoms with Crippen LogP contribution in [0.15, 0.2) is 36.5 Å². The summed E-state index contributed by atoms with van der Waals surface area (Å²) in [6.07, 6.45) is 2.38. The number of benzene rings is 1. The van der Waals surface area contributed by atoms with Crippen LogP contribution in [0.5, 0.6) is 0 Å². The lowest BCUT2D eigenvalue weighted by atomic mass is 10.3. The highest BCUT2D eigenvalue weighted by molar-refractivity contribution is 6.30. The average Bonchev–Trinajstić information content (AvgIpc) is 2.08. The molecule has 0 fully saturated rings. The van der Waals surface area contributed by atoms with Gasteiger partial charge in [0, 0.05) is 23.0 Å². The van der Waals surface area contributed by atoms with Crippen LogP contribution in [-0.2, 0) is 4.79 Å². The Bertz CT molecular complexity index is 319. The fraction of sp³-hybridized carbons (Fsp3) is 0. The third kappa shape index (κ3) is 3.62. The number of hydrogen-bond donors (Lipinski definition) is 2. The zero-order valence-corrected chi connectivity index (χ0v) is 7.45. The zero-order chi connectivity index (χ0) is 9.68. The zero-order valence-electron chi connectivity index (χ0n) is 6.70. The van der Waals surface area contributed by atoms with Crippen molar-refractivity contribution in [3.8, 4) is 0 Å². The van der Waals surface area contributed by atoms with E-state index in [1.165, 1.54) is 6.20 Å². The summed E-state index contributed by atoms with van der Waals surface area (Å²) in [6, 6.07) is 6.96. The highest BCUT2D eigenvalue weighted by atomic mass is 35.5. The Kier molecular flexibility index (Phi) is 3.34. The molecule has 0 aliphatic heterocycles. The van der Waals surface area contributed by atoms with E-state index in [0.29, 0.717) is 5.02 Å². The number of aliphatic carboxylic acids is 1. The molecule has 68 valence electrons. The van der Waals surface area contributed by atoms with E-state index in [9.17, 15) is 4.79 Å². The Morgan fingerprint density at radius 1 is 1.38 bits per heavy atom. The maximum absolute atomic E-state index is 10.1. The average molecular weight is 198 g/mol. The van der Waals surface area contributed by atoms with Crippen molar-refractivity contribution in [2.24, 2.45) is 0 Å². The number of carboxylic acids is 1. The molecule has 0 amide bonds. The number of rotatable bonds is 3. The molecule has 0 spiro atoms. The van der Waals surface area contributed by atoms with Crippen molar-refractivity contribution in [1.82, 2.24) is 0 Å². The number of hydrogen-bond acceptors (Lipinski definition) is 2. The van der Waals surface area contributed by atoms with Crippen LogP contribution >= 0.6 is 11.6 Å². The Morgan fingerprint density at radius 2 is 2.00 bits per heavy atom. The minimum Gasteiger partial charge on any atom is -0.478 e. The molecule has 0 aromatic heterocycles. The molecule has 0 heterocycles. The van der Waals surface area contributed by atoms with Gasteiger partial charge in [0.05, 0.1) is 0 Å². The summed E-state index contributed by atoms with van der Waals surface area (Å²) >= 11 is 5.66. The van der Waals surface area contributed by atoms with Crippen LogP contribution in [0, 0.1) is 0 Å². The number of halogens is 1. The third-order valence-electron chi connectivity index (χ3n) is 1.32. The molecular formula is C9H8ClNO2. The van der Waals surface area contributed by atoms with E-state index in [1.54, 1.807) is 24.3 Å². The highest BCUT2D eigenvalue weighted by Crippen LogP contribution is 2.12. The first-order chi connectivity index (χ1) is 6.18. The topological polar surface area (TPSA) is 49.3 Å². The molecule has 0 unspecified atom stereocenters. The molecule has 13 heavy (non-hydrogen) atoms. The van der Waals surface area contributed by atoms with Gasteiger partial charge in [0.1, 0.15) is 0 Å². The van der Waals surface area contributed by atoms with Crippen molar-refractivity contribution in [1.29, 1.82) is 0 Å². The lowest BCUT2D eigenvalue weighted by Gasteiger charge is -1.98. The molecule has 0 bridgehead atoms. The summed E-state index contributed by atoms with van der Waals surface area (Å²) < 4.78 is 0. The largest absolute Gasteiger partial charge is 0.478 e. The van der Waals surface area contributed by atoms with Gasteiger partial charge in [-0.3, -0.25) is 0 Å². The van der Waals surface area contributed by atoms with Gasteiger partial charge in [-0.25, -0.2) is 4.79 Å². The maximum atomic E-state index is 10.1. The Balaban J connectivity index is 2.55. The van der Waals surface area contributed by atoms with Gasteiger partial charge in [-0.15, -0.1) is 0 Å². The van der Waals surface area contributed by atoms with Gasteiger partial charge in [0.2, 0.25) is 0 Å². The van der Waals surface area contributed by atoms with E-state index in [1.807, 2.05) is 0 Å². The molecule has 1 aromatic rings. The summed E-state index contributed by atoms with van der Waals surface area (Å²) in [5.74, 6) is -0.985. The second-order valence-corrected chi connectivity index (χ2v) is 2.76. The fourth-order valence-corrected chi connectivity index (χ4v) is 0.881. The lowest BCUT2D eigenvalue weighted by Crippen LogP contribution is -1.91. The number of carbonyl (C=O) groups is 1. The summed E-state index contributed by atoms with van der Waals surface area (Å²) in [5, 5.41) is 11.7. The van der Waals surface area contributed by atoms with Gasteiger partial charge in [-0.05, 0) is 24.3 Å². The van der Waals surface area contributed by atoms with Gasteiger partial charge in [0.25, 0.3) is 0 Å². The van der Waals surface area contributed by atoms with Crippen LogP contribution in [0.2, 0.25) is 5.02 Å². The van der Waals surface area contributed by atoms with Crippen LogP contribution < -0.4 is 5.32 Å². The van der Waals surface area contributed by atoms with Gasteiger partial charge in [-0.2, -0.15) is 0 Å². The third-order valence-corrected chi connectivity index (χ3v) is 1.57. The maximum Gasteiger partial charge on any atom is 0.329 e. The first-order valence-electron chi connectivity index (χ1n) is 3.60. The molecule has 0 radical (unpaired) electrons. The molecule has 0 aliphatic carbocycles. The molecule has 0 aliphatic rings. The molecule has 1 rings (SSSR count). The van der Waals surface area contributed by atoms with Gasteiger partial charge in [0.15, 0.2) is 0 Å². The predicted molar refractivity (Wildman–Crippen MR) is 51.9 cm³/mol. The van der Waals surface area contributed by atoms with E-state index < -0.39 is 5.97 Å². The molecule has 4 heteroatoms. The first-order valence-corrected chi connectivity index (χ1v) is 3.98. The Labute approximate surface area is 80.6 Å². The number of carboxylic acid groups (broad SMARTS) is 1. The van der Waals surface area contributed by atoms with Crippen LogP contribution in [-0.4, -0.2) is 11.1 Å². The van der Waals surface area contributed by atoms with E-state index in [-0.39, 0.29) is 0 Å². The second kappa shape index (κ2) is 4.52. The number of nitrogens with one attached hydrogen (secondary N) is 1. The minimum absolute atomic E-state index is 0.646. The van der Waals surface area contributed by atoms with E-state index >= 15 is 0 Å². The van der Waals surface area contributed by atoms with Crippen LogP contribution in [0.25, 0.3) is 0 Å². The molecule has 0 atom stereocenters. The highest BCUT2D eigenvalue weighted by Gasteiger charge is 1.89. The summed E-state index contributed by atoms with van der Waals surface area (Å²) in [5.41, 5.74) is 0.793. The van der Waals surface area contributed by atoms with Crippen LogP contribution in [0.4, 0.5) is 5.69 Å². The Morgan fingerprint density at radius 3 is 2.54 bits per heavy atom. The quantitative estimate of drug-likeness (QED) is 0.732. The molecular weight excluding hydrogens is 190 g/mol. The fourth-order valence-electron chi connectivity index (χ4n) is 0.755. The standard InChI is InChI=1S/C9H8ClNO2/c10-7-1-3-8(4-2-7)11-6-5-9(12)13/h1-6,11H,(H,12,13)/b6-5+. The smallest absolute Gasteiger partial charge is 0.329 e. The molecule has 2 N–H and O–H groups in total. The van der Waals surface area contributed by atoms with Crippen molar-refractivity contribution in [2.45, 2.75) is 0 Å². The Hall–Kier alpha value is -1.48. The lowest BCUT2D eigenvalue weighted by molar-refractivity contribution is -0.131. The molecule has 0 saturated carbocycles. The summed E-state index contributed by atoms with van der Waals surface area (Å²) in [7, 11) is 0. The van der Waals surface area contributed by atoms with Crippen LogP contribution in [0.1, 0.15) is 0 Å². The van der Waals surface area contributed by atoms with Crippen molar-refractivity contribution in [3.05, 3.63) is 41.6 Å². The summed E-state index contributed by atoms with van der Waals surface area (Å²) in [4.78, 5) is 10.1. The van der Waals surface area contributed by atoms with E-state index in [4.69, 9.17) is 16.7 Å². The molecule has 1 aromatic carbocycles.